The van der Waals surface area contributed by atoms with Gasteiger partial charge in [-0.05, 0) is 32.4 Å². The predicted octanol–water partition coefficient (Wildman–Crippen LogP) is 2.18. The molecule has 21 heavy (non-hydrogen) atoms. The summed E-state index contributed by atoms with van der Waals surface area (Å²) in [7, 11) is 0. The van der Waals surface area contributed by atoms with Gasteiger partial charge in [0.05, 0.1) is 5.39 Å². The van der Waals surface area contributed by atoms with Crippen molar-refractivity contribution >= 4 is 33.3 Å². The molecule has 2 aromatic rings. The van der Waals surface area contributed by atoms with Crippen LogP contribution in [0.2, 0.25) is 0 Å². The number of rotatable bonds is 7. The lowest BCUT2D eigenvalue weighted by molar-refractivity contribution is 0.289. The van der Waals surface area contributed by atoms with Gasteiger partial charge in [-0.1, -0.05) is 6.92 Å². The summed E-state index contributed by atoms with van der Waals surface area (Å²) in [6.07, 6.45) is 2.69. The number of aromatic nitrogens is 2. The minimum absolute atomic E-state index is 0.460. The lowest BCUT2D eigenvalue weighted by Crippen LogP contribution is -2.31. The highest BCUT2D eigenvalue weighted by atomic mass is 32.1. The average Bonchev–Trinajstić information content (AvgIpc) is 3.24. The number of aryl methyl sites for hydroxylation is 1. The van der Waals surface area contributed by atoms with Crippen LogP contribution in [0.15, 0.2) is 6.07 Å². The molecule has 0 atom stereocenters. The molecule has 0 aliphatic heterocycles. The fourth-order valence-electron chi connectivity index (χ4n) is 2.60. The number of nitrogens with one attached hydrogen (secondary N) is 2. The van der Waals surface area contributed by atoms with E-state index in [0.29, 0.717) is 5.95 Å². The first-order chi connectivity index (χ1) is 10.2. The molecule has 1 aliphatic carbocycles. The molecule has 114 valence electrons. The number of hydrazine groups is 1. The topological polar surface area (TPSA) is 79.1 Å². The Bertz CT molecular complexity index is 621. The number of likely N-dealkylation sites (N-methyl/N-ethyl adjacent to an activating group) is 1. The zero-order valence-electron chi connectivity index (χ0n) is 12.5. The molecule has 6 nitrogen and oxygen atoms in total. The summed E-state index contributed by atoms with van der Waals surface area (Å²) in [4.78, 5) is 13.6. The summed E-state index contributed by atoms with van der Waals surface area (Å²) in [5.41, 5.74) is 2.54. The molecule has 0 spiro atoms. The Morgan fingerprint density at radius 1 is 1.43 bits per heavy atom. The van der Waals surface area contributed by atoms with Crippen molar-refractivity contribution in [3.05, 3.63) is 10.9 Å². The standard InChI is InChI=1S/C14H22N6S/c1-3-20(10-4-5-10)7-6-16-12-11-8-9(2)21-13(11)18-14(17-12)19-15/h8,10H,3-7,15H2,1-2H3,(H2,16,17,18,19). The molecule has 0 bridgehead atoms. The maximum atomic E-state index is 5.46. The van der Waals surface area contributed by atoms with Gasteiger partial charge in [-0.25, -0.2) is 10.8 Å². The van der Waals surface area contributed by atoms with Gasteiger partial charge in [-0.2, -0.15) is 4.98 Å². The van der Waals surface area contributed by atoms with Gasteiger partial charge in [0.25, 0.3) is 0 Å². The van der Waals surface area contributed by atoms with Crippen LogP contribution in [0.3, 0.4) is 0 Å². The second-order valence-corrected chi connectivity index (χ2v) is 6.64. The van der Waals surface area contributed by atoms with Gasteiger partial charge < -0.3 is 5.32 Å². The van der Waals surface area contributed by atoms with Gasteiger partial charge in [-0.15, -0.1) is 11.3 Å². The third kappa shape index (κ3) is 3.25. The maximum absolute atomic E-state index is 5.46. The molecule has 2 aromatic heterocycles. The molecule has 0 amide bonds. The first-order valence-electron chi connectivity index (χ1n) is 7.44. The highest BCUT2D eigenvalue weighted by molar-refractivity contribution is 7.18. The average molecular weight is 306 g/mol. The van der Waals surface area contributed by atoms with E-state index in [0.717, 1.165) is 41.7 Å². The maximum Gasteiger partial charge on any atom is 0.240 e. The molecular formula is C14H22N6S. The van der Waals surface area contributed by atoms with Crippen molar-refractivity contribution in [3.63, 3.8) is 0 Å². The number of anilines is 2. The zero-order chi connectivity index (χ0) is 14.8. The van der Waals surface area contributed by atoms with E-state index in [1.807, 2.05) is 0 Å². The van der Waals surface area contributed by atoms with Crippen LogP contribution in [0.4, 0.5) is 11.8 Å². The summed E-state index contributed by atoms with van der Waals surface area (Å²) >= 11 is 1.66. The predicted molar refractivity (Wildman–Crippen MR) is 88.7 cm³/mol. The summed E-state index contributed by atoms with van der Waals surface area (Å²) in [6, 6.07) is 2.92. The summed E-state index contributed by atoms with van der Waals surface area (Å²) < 4.78 is 0. The van der Waals surface area contributed by atoms with Crippen LogP contribution in [0.25, 0.3) is 10.2 Å². The fraction of sp³-hybridized carbons (Fsp3) is 0.571. The molecule has 2 heterocycles. The van der Waals surface area contributed by atoms with Crippen molar-refractivity contribution in [3.8, 4) is 0 Å². The van der Waals surface area contributed by atoms with E-state index >= 15 is 0 Å². The molecule has 0 radical (unpaired) electrons. The molecule has 1 aliphatic rings. The van der Waals surface area contributed by atoms with E-state index in [-0.39, 0.29) is 0 Å². The van der Waals surface area contributed by atoms with Crippen LogP contribution in [0, 0.1) is 6.92 Å². The van der Waals surface area contributed by atoms with Gasteiger partial charge in [0.1, 0.15) is 10.6 Å². The first kappa shape index (κ1) is 14.5. The number of nitrogens with zero attached hydrogens (tertiary/aromatic N) is 3. The molecule has 1 saturated carbocycles. The van der Waals surface area contributed by atoms with Crippen LogP contribution in [-0.2, 0) is 0 Å². The first-order valence-corrected chi connectivity index (χ1v) is 8.25. The monoisotopic (exact) mass is 306 g/mol. The van der Waals surface area contributed by atoms with Crippen molar-refractivity contribution in [2.24, 2.45) is 5.84 Å². The molecular weight excluding hydrogens is 284 g/mol. The molecule has 1 fully saturated rings. The number of hydrogen-bond acceptors (Lipinski definition) is 7. The number of nitrogens with two attached hydrogens (primary N) is 1. The smallest absolute Gasteiger partial charge is 0.240 e. The third-order valence-electron chi connectivity index (χ3n) is 3.81. The number of hydrogen-bond donors (Lipinski definition) is 3. The largest absolute Gasteiger partial charge is 0.368 e. The van der Waals surface area contributed by atoms with Crippen LogP contribution >= 0.6 is 11.3 Å². The highest BCUT2D eigenvalue weighted by Gasteiger charge is 2.27. The van der Waals surface area contributed by atoms with Crippen molar-refractivity contribution in [1.29, 1.82) is 0 Å². The lowest BCUT2D eigenvalue weighted by Gasteiger charge is -2.20. The number of nitrogen functional groups attached to an aromatic ring is 1. The third-order valence-corrected chi connectivity index (χ3v) is 4.75. The second kappa shape index (κ2) is 6.13. The minimum Gasteiger partial charge on any atom is -0.368 e. The van der Waals surface area contributed by atoms with Gasteiger partial charge >= 0.3 is 0 Å². The Labute approximate surface area is 128 Å². The highest BCUT2D eigenvalue weighted by Crippen LogP contribution is 2.29. The van der Waals surface area contributed by atoms with E-state index in [1.165, 1.54) is 17.7 Å². The normalized spacial score (nSPS) is 14.9. The van der Waals surface area contributed by atoms with E-state index < -0.39 is 0 Å². The molecule has 4 N–H and O–H groups in total. The lowest BCUT2D eigenvalue weighted by atomic mass is 10.3. The Hall–Kier alpha value is -1.44. The molecule has 7 heteroatoms. The van der Waals surface area contributed by atoms with Crippen LogP contribution in [0.1, 0.15) is 24.6 Å². The van der Waals surface area contributed by atoms with E-state index in [1.54, 1.807) is 11.3 Å². The van der Waals surface area contributed by atoms with Crippen molar-refractivity contribution in [2.75, 3.05) is 30.4 Å². The second-order valence-electron chi connectivity index (χ2n) is 5.40. The van der Waals surface area contributed by atoms with E-state index in [2.05, 4.69) is 45.5 Å². The summed E-state index contributed by atoms with van der Waals surface area (Å²) in [5.74, 6) is 6.78. The van der Waals surface area contributed by atoms with E-state index in [9.17, 15) is 0 Å². The quantitative estimate of drug-likeness (QED) is 0.537. The molecule has 0 unspecified atom stereocenters. The van der Waals surface area contributed by atoms with Crippen LogP contribution in [-0.4, -0.2) is 40.5 Å². The van der Waals surface area contributed by atoms with E-state index in [4.69, 9.17) is 5.84 Å². The van der Waals surface area contributed by atoms with Crippen molar-refractivity contribution in [1.82, 2.24) is 14.9 Å². The van der Waals surface area contributed by atoms with Crippen LogP contribution in [0.5, 0.6) is 0 Å². The minimum atomic E-state index is 0.460. The van der Waals surface area contributed by atoms with Gasteiger partial charge in [-0.3, -0.25) is 10.3 Å². The Kier molecular flexibility index (Phi) is 4.23. The summed E-state index contributed by atoms with van der Waals surface area (Å²) in [6.45, 7) is 7.34. The van der Waals surface area contributed by atoms with Crippen LogP contribution < -0.4 is 16.6 Å². The SMILES string of the molecule is CCN(CCNc1nc(NN)nc2sc(C)cc12)C1CC1. The Morgan fingerprint density at radius 3 is 2.90 bits per heavy atom. The Balaban J connectivity index is 1.72. The Morgan fingerprint density at radius 2 is 2.24 bits per heavy atom. The van der Waals surface area contributed by atoms with Gasteiger partial charge in [0.15, 0.2) is 0 Å². The molecule has 0 aromatic carbocycles. The zero-order valence-corrected chi connectivity index (χ0v) is 13.3. The summed E-state index contributed by atoms with van der Waals surface area (Å²) in [5, 5.41) is 4.52. The fourth-order valence-corrected chi connectivity index (χ4v) is 3.48. The van der Waals surface area contributed by atoms with Gasteiger partial charge in [0.2, 0.25) is 5.95 Å². The molecule has 0 saturated heterocycles. The van der Waals surface area contributed by atoms with Gasteiger partial charge in [0, 0.05) is 24.0 Å². The molecule has 3 rings (SSSR count). The number of thiophene rings is 1. The number of fused-ring (bicyclic) bond motifs is 1. The van der Waals surface area contributed by atoms with Crippen molar-refractivity contribution in [2.45, 2.75) is 32.7 Å². The van der Waals surface area contributed by atoms with Crippen molar-refractivity contribution < 1.29 is 0 Å².